The predicted octanol–water partition coefficient (Wildman–Crippen LogP) is 5.36. The Labute approximate surface area is 162 Å². The number of amides is 1. The third-order valence-corrected chi connectivity index (χ3v) is 4.95. The van der Waals surface area contributed by atoms with Crippen molar-refractivity contribution >= 4 is 34.8 Å². The zero-order chi connectivity index (χ0) is 19.0. The van der Waals surface area contributed by atoms with E-state index in [1.54, 1.807) is 16.6 Å². The van der Waals surface area contributed by atoms with Gasteiger partial charge in [0.25, 0.3) is 0 Å². The Morgan fingerprint density at radius 2 is 2.08 bits per heavy atom. The van der Waals surface area contributed by atoms with Crippen LogP contribution < -0.4 is 5.32 Å². The van der Waals surface area contributed by atoms with Crippen molar-refractivity contribution in [1.29, 1.82) is 0 Å². The number of aromatic nitrogens is 2. The van der Waals surface area contributed by atoms with Crippen LogP contribution in [0.4, 0.5) is 0 Å². The van der Waals surface area contributed by atoms with E-state index in [1.165, 1.54) is 0 Å². The molecule has 0 bridgehead atoms. The highest BCUT2D eigenvalue weighted by Crippen LogP contribution is 2.36. The second kappa shape index (κ2) is 7.33. The van der Waals surface area contributed by atoms with E-state index in [2.05, 4.69) is 5.32 Å². The van der Waals surface area contributed by atoms with E-state index in [1.807, 2.05) is 33.8 Å². The van der Waals surface area contributed by atoms with E-state index in [0.717, 1.165) is 28.9 Å². The number of fused-ring (bicyclic) bond motifs is 1. The lowest BCUT2D eigenvalue weighted by Gasteiger charge is -2.12. The summed E-state index contributed by atoms with van der Waals surface area (Å²) in [7, 11) is 0. The summed E-state index contributed by atoms with van der Waals surface area (Å²) in [5.41, 5.74) is 4.00. The molecule has 0 saturated heterocycles. The normalized spacial score (nSPS) is 12.5. The third-order valence-electron chi connectivity index (χ3n) is 4.40. The average molecular weight is 394 g/mol. The predicted molar refractivity (Wildman–Crippen MR) is 104 cm³/mol. The number of benzene rings is 1. The van der Waals surface area contributed by atoms with E-state index in [0.29, 0.717) is 27.9 Å². The molecule has 3 aromatic rings. The summed E-state index contributed by atoms with van der Waals surface area (Å²) in [6.07, 6.45) is 1.16. The number of rotatable bonds is 5. The third kappa shape index (κ3) is 3.21. The maximum atomic E-state index is 11.8. The van der Waals surface area contributed by atoms with Crippen molar-refractivity contribution in [1.82, 2.24) is 14.9 Å². The molecule has 0 aliphatic heterocycles. The molecule has 2 heterocycles. The molecule has 5 nitrogen and oxygen atoms in total. The van der Waals surface area contributed by atoms with Crippen molar-refractivity contribution in [2.24, 2.45) is 0 Å². The number of nitrogens with one attached hydrogen (secondary N) is 1. The van der Waals surface area contributed by atoms with Crippen LogP contribution in [0.25, 0.3) is 17.0 Å². The Kier molecular flexibility index (Phi) is 5.30. The van der Waals surface area contributed by atoms with Crippen LogP contribution in [0, 0.1) is 6.92 Å². The Morgan fingerprint density at radius 1 is 1.35 bits per heavy atom. The number of halogens is 2. The molecule has 1 aromatic carbocycles. The molecule has 1 N–H and O–H groups in total. The highest BCUT2D eigenvalue weighted by molar-refractivity contribution is 6.36. The molecular formula is C19H21Cl2N3O2. The zero-order valence-corrected chi connectivity index (χ0v) is 16.7. The molecule has 0 spiro atoms. The van der Waals surface area contributed by atoms with Crippen LogP contribution in [-0.4, -0.2) is 15.5 Å². The fourth-order valence-electron chi connectivity index (χ4n) is 3.15. The van der Waals surface area contributed by atoms with E-state index in [9.17, 15) is 4.79 Å². The number of aryl methyl sites for hydroxylation is 2. The van der Waals surface area contributed by atoms with Crippen LogP contribution in [0.3, 0.4) is 0 Å². The zero-order valence-electron chi connectivity index (χ0n) is 15.2. The van der Waals surface area contributed by atoms with E-state index >= 15 is 0 Å². The van der Waals surface area contributed by atoms with Crippen molar-refractivity contribution in [3.05, 3.63) is 45.3 Å². The van der Waals surface area contributed by atoms with Crippen molar-refractivity contribution in [3.63, 3.8) is 0 Å². The highest BCUT2D eigenvalue weighted by Gasteiger charge is 2.26. The Hall–Kier alpha value is -1.98. The van der Waals surface area contributed by atoms with Crippen molar-refractivity contribution in [2.75, 3.05) is 0 Å². The molecule has 0 aliphatic rings. The molecule has 3 rings (SSSR count). The summed E-state index contributed by atoms with van der Waals surface area (Å²) >= 11 is 12.4. The first kappa shape index (κ1) is 18.8. The molecule has 1 amide bonds. The molecule has 26 heavy (non-hydrogen) atoms. The molecule has 138 valence electrons. The van der Waals surface area contributed by atoms with Gasteiger partial charge in [-0.25, -0.2) is 0 Å². The fourth-order valence-corrected chi connectivity index (χ4v) is 3.65. The van der Waals surface area contributed by atoms with Gasteiger partial charge in [0.05, 0.1) is 22.3 Å². The Morgan fingerprint density at radius 3 is 2.69 bits per heavy atom. The molecule has 0 fully saturated rings. The summed E-state index contributed by atoms with van der Waals surface area (Å²) in [5.74, 6) is 0.692. The van der Waals surface area contributed by atoms with Gasteiger partial charge in [-0.3, -0.25) is 4.79 Å². The lowest BCUT2D eigenvalue weighted by atomic mass is 10.1. The van der Waals surface area contributed by atoms with Crippen molar-refractivity contribution < 1.29 is 9.21 Å². The minimum absolute atomic E-state index is 0.0110. The summed E-state index contributed by atoms with van der Waals surface area (Å²) in [4.78, 5) is 11.8. The van der Waals surface area contributed by atoms with Crippen LogP contribution in [-0.2, 0) is 11.2 Å². The first-order valence-corrected chi connectivity index (χ1v) is 9.38. The second-order valence-electron chi connectivity index (χ2n) is 6.20. The smallest absolute Gasteiger partial charge is 0.227 e. The molecule has 1 unspecified atom stereocenters. The molecule has 7 heteroatoms. The first-order valence-electron chi connectivity index (χ1n) is 8.63. The van der Waals surface area contributed by atoms with Crippen molar-refractivity contribution in [2.45, 2.75) is 46.6 Å². The molecule has 0 saturated carbocycles. The Bertz CT molecular complexity index is 975. The topological polar surface area (TPSA) is 59.5 Å². The Balaban J connectivity index is 2.19. The van der Waals surface area contributed by atoms with E-state index in [4.69, 9.17) is 32.7 Å². The first-order chi connectivity index (χ1) is 12.4. The maximum absolute atomic E-state index is 11.8. The van der Waals surface area contributed by atoms with Gasteiger partial charge in [0.15, 0.2) is 0 Å². The van der Waals surface area contributed by atoms with Gasteiger partial charge in [0.2, 0.25) is 11.6 Å². The minimum Gasteiger partial charge on any atom is -0.441 e. The van der Waals surface area contributed by atoms with Gasteiger partial charge >= 0.3 is 0 Å². The maximum Gasteiger partial charge on any atom is 0.227 e. The number of hydrogen-bond donors (Lipinski definition) is 1. The van der Waals surface area contributed by atoms with Crippen LogP contribution in [0.15, 0.2) is 22.6 Å². The summed E-state index contributed by atoms with van der Waals surface area (Å²) in [6.45, 7) is 7.67. The van der Waals surface area contributed by atoms with Gasteiger partial charge < -0.3 is 9.73 Å². The summed E-state index contributed by atoms with van der Waals surface area (Å²) < 4.78 is 7.82. The van der Waals surface area contributed by atoms with Gasteiger partial charge in [0.1, 0.15) is 11.5 Å². The average Bonchev–Trinajstić information content (AvgIpc) is 3.09. The molecule has 0 radical (unpaired) electrons. The van der Waals surface area contributed by atoms with E-state index < -0.39 is 0 Å². The fraction of sp³-hybridized carbons (Fsp3) is 0.368. The number of hydrogen-bond acceptors (Lipinski definition) is 3. The van der Waals surface area contributed by atoms with Gasteiger partial charge in [-0.1, -0.05) is 37.0 Å². The standard InChI is InChI=1S/C19H21Cl2N3O2/c1-5-15-17(10(3)22-16(25)6-2)19-24(23-15)18(11(4)26-19)13-8-7-12(20)9-14(13)21/h7-10H,5-6H2,1-4H3,(H,22,25). The van der Waals surface area contributed by atoms with Gasteiger partial charge in [-0.2, -0.15) is 9.61 Å². The molecule has 2 aromatic heterocycles. The van der Waals surface area contributed by atoms with Gasteiger partial charge in [-0.15, -0.1) is 0 Å². The quantitative estimate of drug-likeness (QED) is 0.634. The molecule has 0 aliphatic carbocycles. The van der Waals surface area contributed by atoms with Crippen LogP contribution >= 0.6 is 23.2 Å². The number of carbonyl (C=O) groups is 1. The lowest BCUT2D eigenvalue weighted by molar-refractivity contribution is -0.121. The summed E-state index contributed by atoms with van der Waals surface area (Å²) in [6, 6.07) is 5.15. The van der Waals surface area contributed by atoms with Gasteiger partial charge in [-0.05, 0) is 38.5 Å². The summed E-state index contributed by atoms with van der Waals surface area (Å²) in [5, 5.41) is 8.82. The van der Waals surface area contributed by atoms with Crippen LogP contribution in [0.2, 0.25) is 10.0 Å². The van der Waals surface area contributed by atoms with E-state index in [-0.39, 0.29) is 11.9 Å². The molecule has 1 atom stereocenters. The van der Waals surface area contributed by atoms with Crippen LogP contribution in [0.1, 0.15) is 50.3 Å². The van der Waals surface area contributed by atoms with Gasteiger partial charge in [0, 0.05) is 17.0 Å². The monoisotopic (exact) mass is 393 g/mol. The molecular weight excluding hydrogens is 373 g/mol. The largest absolute Gasteiger partial charge is 0.441 e. The number of nitrogens with zero attached hydrogens (tertiary/aromatic N) is 2. The highest BCUT2D eigenvalue weighted by atomic mass is 35.5. The van der Waals surface area contributed by atoms with Crippen molar-refractivity contribution in [3.8, 4) is 11.3 Å². The number of carbonyl (C=O) groups excluding carboxylic acids is 1. The minimum atomic E-state index is -0.200. The lowest BCUT2D eigenvalue weighted by Crippen LogP contribution is -2.26. The van der Waals surface area contributed by atoms with Crippen LogP contribution in [0.5, 0.6) is 0 Å². The second-order valence-corrected chi connectivity index (χ2v) is 7.05. The SMILES string of the molecule is CCC(=O)NC(C)c1c(CC)nn2c(-c3ccc(Cl)cc3Cl)c(C)oc12. The number of oxazole rings is 1.